The standard InChI is InChI=1S/C15H8ClN3O4S/c1-2-8-18-13-9(16)4-3-5-11(13)24-15(18)17-14(20)10-6-7-12(23-10)19(21)22/h1,3-7H,8H2. The Kier molecular flexibility index (Phi) is 4.20. The van der Waals surface area contributed by atoms with E-state index in [2.05, 4.69) is 10.9 Å². The smallest absolute Gasteiger partial charge is 0.395 e. The molecule has 120 valence electrons. The molecule has 0 radical (unpaired) electrons. The zero-order valence-corrected chi connectivity index (χ0v) is 13.5. The van der Waals surface area contributed by atoms with Gasteiger partial charge in [-0.2, -0.15) is 4.99 Å². The highest BCUT2D eigenvalue weighted by atomic mass is 35.5. The van der Waals surface area contributed by atoms with Crippen molar-refractivity contribution in [3.05, 3.63) is 56.0 Å². The predicted octanol–water partition coefficient (Wildman–Crippen LogP) is 3.23. The van der Waals surface area contributed by atoms with Crippen molar-refractivity contribution in [3.8, 4) is 12.3 Å². The van der Waals surface area contributed by atoms with Crippen molar-refractivity contribution >= 4 is 44.9 Å². The largest absolute Gasteiger partial charge is 0.433 e. The highest BCUT2D eigenvalue weighted by molar-refractivity contribution is 7.16. The summed E-state index contributed by atoms with van der Waals surface area (Å²) in [5, 5.41) is 11.1. The Morgan fingerprint density at radius 1 is 1.46 bits per heavy atom. The quantitative estimate of drug-likeness (QED) is 0.407. The van der Waals surface area contributed by atoms with Crippen LogP contribution in [0.2, 0.25) is 5.02 Å². The number of amides is 1. The summed E-state index contributed by atoms with van der Waals surface area (Å²) in [7, 11) is 0. The van der Waals surface area contributed by atoms with E-state index in [0.717, 1.165) is 10.8 Å². The third-order valence-electron chi connectivity index (χ3n) is 3.08. The number of benzene rings is 1. The highest BCUT2D eigenvalue weighted by Gasteiger charge is 2.17. The second-order valence-electron chi connectivity index (χ2n) is 4.57. The number of hydrogen-bond donors (Lipinski definition) is 0. The van der Waals surface area contributed by atoms with Crippen LogP contribution in [0.25, 0.3) is 10.2 Å². The van der Waals surface area contributed by atoms with E-state index in [-0.39, 0.29) is 12.3 Å². The Labute approximate surface area is 144 Å². The van der Waals surface area contributed by atoms with Crippen LogP contribution in [0, 0.1) is 22.5 Å². The molecule has 0 fully saturated rings. The van der Waals surface area contributed by atoms with Gasteiger partial charge in [-0.15, -0.1) is 6.42 Å². The summed E-state index contributed by atoms with van der Waals surface area (Å²) in [6, 6.07) is 7.63. The third kappa shape index (κ3) is 2.82. The van der Waals surface area contributed by atoms with E-state index in [9.17, 15) is 14.9 Å². The molecule has 2 heterocycles. The minimum Gasteiger partial charge on any atom is -0.395 e. The first-order valence-corrected chi connectivity index (χ1v) is 7.75. The van der Waals surface area contributed by atoms with Gasteiger partial charge in [0.1, 0.15) is 4.92 Å². The summed E-state index contributed by atoms with van der Waals surface area (Å²) < 4.78 is 7.31. The maximum absolute atomic E-state index is 12.2. The van der Waals surface area contributed by atoms with Gasteiger partial charge in [-0.25, -0.2) is 0 Å². The molecule has 0 spiro atoms. The van der Waals surface area contributed by atoms with E-state index in [1.54, 1.807) is 16.7 Å². The minimum absolute atomic E-state index is 0.175. The minimum atomic E-state index is -0.739. The number of nitro groups is 1. The maximum atomic E-state index is 12.2. The van der Waals surface area contributed by atoms with Crippen molar-refractivity contribution in [2.45, 2.75) is 6.54 Å². The molecule has 0 atom stereocenters. The first-order chi connectivity index (χ1) is 11.5. The number of fused-ring (bicyclic) bond motifs is 1. The van der Waals surface area contributed by atoms with Crippen molar-refractivity contribution in [3.63, 3.8) is 0 Å². The van der Waals surface area contributed by atoms with Crippen LogP contribution in [0.5, 0.6) is 0 Å². The first kappa shape index (κ1) is 16.0. The van der Waals surface area contributed by atoms with Crippen molar-refractivity contribution in [1.29, 1.82) is 0 Å². The van der Waals surface area contributed by atoms with Crippen LogP contribution in [-0.2, 0) is 6.54 Å². The van der Waals surface area contributed by atoms with Gasteiger partial charge in [0.05, 0.1) is 27.9 Å². The fourth-order valence-corrected chi connectivity index (χ4v) is 3.48. The van der Waals surface area contributed by atoms with Crippen LogP contribution in [0.4, 0.5) is 5.88 Å². The van der Waals surface area contributed by atoms with E-state index in [1.807, 2.05) is 6.07 Å². The molecular weight excluding hydrogens is 354 g/mol. The highest BCUT2D eigenvalue weighted by Crippen LogP contribution is 2.25. The number of rotatable bonds is 3. The number of aromatic nitrogens is 1. The van der Waals surface area contributed by atoms with E-state index < -0.39 is 16.7 Å². The Morgan fingerprint density at radius 2 is 2.25 bits per heavy atom. The van der Waals surface area contributed by atoms with Crippen LogP contribution in [0.1, 0.15) is 10.6 Å². The average Bonchev–Trinajstić information content (AvgIpc) is 3.14. The molecule has 0 saturated carbocycles. The molecule has 3 aromatic rings. The number of terminal acetylenes is 1. The Morgan fingerprint density at radius 3 is 2.92 bits per heavy atom. The zero-order valence-electron chi connectivity index (χ0n) is 11.9. The van der Waals surface area contributed by atoms with Gasteiger partial charge >= 0.3 is 11.8 Å². The van der Waals surface area contributed by atoms with Gasteiger partial charge in [0.15, 0.2) is 4.80 Å². The Balaban J connectivity index is 2.13. The van der Waals surface area contributed by atoms with E-state index in [1.165, 1.54) is 17.4 Å². The van der Waals surface area contributed by atoms with Gasteiger partial charge in [0, 0.05) is 0 Å². The van der Waals surface area contributed by atoms with Crippen LogP contribution in [0.3, 0.4) is 0 Å². The van der Waals surface area contributed by atoms with Gasteiger partial charge in [0.25, 0.3) is 0 Å². The van der Waals surface area contributed by atoms with E-state index in [0.29, 0.717) is 15.3 Å². The van der Waals surface area contributed by atoms with Crippen LogP contribution in [0.15, 0.2) is 39.7 Å². The number of nitrogens with zero attached hydrogens (tertiary/aromatic N) is 3. The Hall–Kier alpha value is -2.89. The van der Waals surface area contributed by atoms with Crippen molar-refractivity contribution < 1.29 is 14.1 Å². The SMILES string of the molecule is C#CCn1c(=NC(=O)c2ccc([N+](=O)[O-])o2)sc2cccc(Cl)c21. The summed E-state index contributed by atoms with van der Waals surface area (Å²) in [6.45, 7) is 0.175. The van der Waals surface area contributed by atoms with E-state index in [4.69, 9.17) is 22.4 Å². The molecule has 3 rings (SSSR count). The number of halogens is 1. The molecule has 0 bridgehead atoms. The molecule has 9 heteroatoms. The maximum Gasteiger partial charge on any atom is 0.433 e. The fourth-order valence-electron chi connectivity index (χ4n) is 2.09. The topological polar surface area (TPSA) is 90.6 Å². The number of carbonyl (C=O) groups is 1. The summed E-state index contributed by atoms with van der Waals surface area (Å²) >= 11 is 7.43. The number of carbonyl (C=O) groups excluding carboxylic acids is 1. The Bertz CT molecular complexity index is 1070. The molecule has 1 aromatic carbocycles. The lowest BCUT2D eigenvalue weighted by Gasteiger charge is -2.01. The van der Waals surface area contributed by atoms with Crippen LogP contribution >= 0.6 is 22.9 Å². The molecule has 7 nitrogen and oxygen atoms in total. The van der Waals surface area contributed by atoms with Crippen LogP contribution < -0.4 is 4.80 Å². The van der Waals surface area contributed by atoms with Gasteiger partial charge in [0.2, 0.25) is 5.76 Å². The molecule has 0 aliphatic rings. The predicted molar refractivity (Wildman–Crippen MR) is 88.9 cm³/mol. The summed E-state index contributed by atoms with van der Waals surface area (Å²) in [6.07, 6.45) is 5.38. The lowest BCUT2D eigenvalue weighted by molar-refractivity contribution is -0.402. The number of furan rings is 1. The van der Waals surface area contributed by atoms with Gasteiger partial charge in [-0.1, -0.05) is 34.9 Å². The van der Waals surface area contributed by atoms with E-state index >= 15 is 0 Å². The van der Waals surface area contributed by atoms with Gasteiger partial charge in [-0.05, 0) is 18.2 Å². The second kappa shape index (κ2) is 6.31. The summed E-state index contributed by atoms with van der Waals surface area (Å²) in [5.74, 6) is 1.00. The van der Waals surface area contributed by atoms with Gasteiger partial charge in [-0.3, -0.25) is 14.9 Å². The molecular formula is C15H8ClN3O4S. The zero-order chi connectivity index (χ0) is 17.3. The van der Waals surface area contributed by atoms with Crippen molar-refractivity contribution in [2.24, 2.45) is 4.99 Å². The van der Waals surface area contributed by atoms with Crippen molar-refractivity contribution in [1.82, 2.24) is 4.57 Å². The molecule has 0 saturated heterocycles. The normalized spacial score (nSPS) is 11.6. The van der Waals surface area contributed by atoms with Crippen LogP contribution in [-0.4, -0.2) is 15.4 Å². The number of para-hydroxylation sites is 1. The summed E-state index contributed by atoms with van der Waals surface area (Å²) in [5.41, 5.74) is 0.680. The molecule has 0 aliphatic carbocycles. The monoisotopic (exact) mass is 361 g/mol. The average molecular weight is 362 g/mol. The van der Waals surface area contributed by atoms with Gasteiger partial charge < -0.3 is 8.98 Å². The fraction of sp³-hybridized carbons (Fsp3) is 0.0667. The van der Waals surface area contributed by atoms with Crippen molar-refractivity contribution in [2.75, 3.05) is 0 Å². The molecule has 1 amide bonds. The lowest BCUT2D eigenvalue weighted by atomic mass is 10.3. The molecule has 0 N–H and O–H groups in total. The number of hydrogen-bond acceptors (Lipinski definition) is 5. The first-order valence-electron chi connectivity index (χ1n) is 6.56. The summed E-state index contributed by atoms with van der Waals surface area (Å²) in [4.78, 5) is 26.4. The molecule has 2 aromatic heterocycles. The number of thiazole rings is 1. The molecule has 0 unspecified atom stereocenters. The lowest BCUT2D eigenvalue weighted by Crippen LogP contribution is -2.16. The second-order valence-corrected chi connectivity index (χ2v) is 5.99. The molecule has 24 heavy (non-hydrogen) atoms. The molecule has 0 aliphatic heterocycles. The third-order valence-corrected chi connectivity index (χ3v) is 4.43.